The summed E-state index contributed by atoms with van der Waals surface area (Å²) in [5, 5.41) is 3.44. The lowest BCUT2D eigenvalue weighted by atomic mass is 10.1. The van der Waals surface area contributed by atoms with E-state index >= 15 is 0 Å². The first kappa shape index (κ1) is 13.5. The molecule has 2 rings (SSSR count). The lowest BCUT2D eigenvalue weighted by Gasteiger charge is -2.19. The molecule has 1 N–H and O–H groups in total. The van der Waals surface area contributed by atoms with Crippen LogP contribution < -0.4 is 5.32 Å². The van der Waals surface area contributed by atoms with Crippen LogP contribution >= 0.6 is 22.9 Å². The van der Waals surface area contributed by atoms with E-state index in [4.69, 9.17) is 11.6 Å². The summed E-state index contributed by atoms with van der Waals surface area (Å²) in [7, 11) is 0. The summed E-state index contributed by atoms with van der Waals surface area (Å²) < 4.78 is 13.9. The second kappa shape index (κ2) is 5.83. The lowest BCUT2D eigenvalue weighted by molar-refractivity contribution is 0.497. The number of thiophene rings is 1. The highest BCUT2D eigenvalue weighted by molar-refractivity contribution is 7.16. The molecule has 0 saturated carbocycles. The number of rotatable bonds is 4. The molecule has 2 atom stereocenters. The number of hydrogen-bond acceptors (Lipinski definition) is 2. The lowest BCUT2D eigenvalue weighted by Crippen LogP contribution is -2.21. The van der Waals surface area contributed by atoms with Gasteiger partial charge in [0.15, 0.2) is 0 Å². The first-order valence-electron chi connectivity index (χ1n) is 5.83. The van der Waals surface area contributed by atoms with Crippen molar-refractivity contribution >= 4 is 22.9 Å². The fraction of sp³-hybridized carbons (Fsp3) is 0.286. The van der Waals surface area contributed by atoms with Gasteiger partial charge in [-0.2, -0.15) is 0 Å². The van der Waals surface area contributed by atoms with Gasteiger partial charge < -0.3 is 5.32 Å². The summed E-state index contributed by atoms with van der Waals surface area (Å²) in [4.78, 5) is 1.18. The molecule has 0 bridgehead atoms. The van der Waals surface area contributed by atoms with Crippen molar-refractivity contribution in [1.29, 1.82) is 0 Å². The number of benzene rings is 1. The largest absolute Gasteiger partial charge is 0.303 e. The van der Waals surface area contributed by atoms with Gasteiger partial charge in [0, 0.05) is 17.0 Å². The third-order valence-corrected chi connectivity index (χ3v) is 4.28. The van der Waals surface area contributed by atoms with Crippen molar-refractivity contribution in [2.75, 3.05) is 0 Å². The van der Waals surface area contributed by atoms with Crippen LogP contribution in [0.3, 0.4) is 0 Å². The molecule has 0 radical (unpaired) electrons. The molecule has 1 nitrogen and oxygen atoms in total. The second-order valence-electron chi connectivity index (χ2n) is 4.31. The van der Waals surface area contributed by atoms with Crippen LogP contribution in [0, 0.1) is 5.82 Å². The first-order chi connectivity index (χ1) is 8.56. The minimum Gasteiger partial charge on any atom is -0.303 e. The van der Waals surface area contributed by atoms with Crippen molar-refractivity contribution in [3.8, 4) is 0 Å². The summed E-state index contributed by atoms with van der Waals surface area (Å²) in [5.74, 6) is -0.201. The average molecular weight is 284 g/mol. The van der Waals surface area contributed by atoms with Crippen molar-refractivity contribution < 1.29 is 4.39 Å². The zero-order valence-electron chi connectivity index (χ0n) is 10.3. The van der Waals surface area contributed by atoms with E-state index in [2.05, 4.69) is 12.2 Å². The van der Waals surface area contributed by atoms with Gasteiger partial charge in [0.1, 0.15) is 5.82 Å². The van der Waals surface area contributed by atoms with Gasteiger partial charge in [0.2, 0.25) is 0 Å². The van der Waals surface area contributed by atoms with E-state index in [1.165, 1.54) is 10.9 Å². The van der Waals surface area contributed by atoms with Gasteiger partial charge in [-0.15, -0.1) is 11.3 Å². The Hall–Kier alpha value is -0.900. The molecule has 0 spiro atoms. The third kappa shape index (κ3) is 3.31. The third-order valence-electron chi connectivity index (χ3n) is 2.87. The number of hydrogen-bond donors (Lipinski definition) is 1. The highest BCUT2D eigenvalue weighted by atomic mass is 35.5. The molecule has 2 aromatic rings. The van der Waals surface area contributed by atoms with E-state index < -0.39 is 0 Å². The van der Waals surface area contributed by atoms with Crippen LogP contribution in [0.2, 0.25) is 4.34 Å². The monoisotopic (exact) mass is 283 g/mol. The Morgan fingerprint density at radius 3 is 2.56 bits per heavy atom. The molecule has 96 valence electrons. The van der Waals surface area contributed by atoms with E-state index in [1.54, 1.807) is 23.5 Å². The van der Waals surface area contributed by atoms with Crippen LogP contribution in [0.1, 0.15) is 36.4 Å². The van der Waals surface area contributed by atoms with Gasteiger partial charge in [0.05, 0.1) is 4.34 Å². The normalized spacial score (nSPS) is 14.4. The van der Waals surface area contributed by atoms with Crippen LogP contribution in [-0.2, 0) is 0 Å². The van der Waals surface area contributed by atoms with Gasteiger partial charge in [-0.1, -0.05) is 23.7 Å². The molecule has 0 fully saturated rings. The summed E-state index contributed by atoms with van der Waals surface area (Å²) in [6.07, 6.45) is 0. The molecule has 0 aliphatic heterocycles. The van der Waals surface area contributed by atoms with E-state index in [9.17, 15) is 4.39 Å². The molecular weight excluding hydrogens is 269 g/mol. The molecule has 1 aromatic heterocycles. The van der Waals surface area contributed by atoms with Gasteiger partial charge >= 0.3 is 0 Å². The Labute approximate surface area is 116 Å². The predicted octanol–water partition coefficient (Wildman–Crippen LogP) is 4.95. The maximum absolute atomic E-state index is 13.1. The zero-order valence-corrected chi connectivity index (χ0v) is 11.9. The second-order valence-corrected chi connectivity index (χ2v) is 6.05. The van der Waals surface area contributed by atoms with Crippen molar-refractivity contribution in [2.24, 2.45) is 0 Å². The topological polar surface area (TPSA) is 12.0 Å². The van der Waals surface area contributed by atoms with Gasteiger partial charge in [0.25, 0.3) is 0 Å². The molecule has 0 aliphatic rings. The van der Waals surface area contributed by atoms with Crippen LogP contribution in [-0.4, -0.2) is 0 Å². The Bertz CT molecular complexity index is 526. The fourth-order valence-corrected chi connectivity index (χ4v) is 2.96. The molecular formula is C14H15ClFNS. The molecule has 1 heterocycles. The molecule has 1 aromatic carbocycles. The smallest absolute Gasteiger partial charge is 0.123 e. The van der Waals surface area contributed by atoms with E-state index in [-0.39, 0.29) is 17.9 Å². The van der Waals surface area contributed by atoms with E-state index in [0.717, 1.165) is 9.90 Å². The SMILES string of the molecule is CC(N[C@@H](C)c1cccc(F)c1)c1ccc(Cl)s1. The molecule has 0 saturated heterocycles. The summed E-state index contributed by atoms with van der Waals surface area (Å²) >= 11 is 7.48. The molecule has 1 unspecified atom stereocenters. The van der Waals surface area contributed by atoms with E-state index in [0.29, 0.717) is 0 Å². The Balaban J connectivity index is 2.05. The Morgan fingerprint density at radius 1 is 1.17 bits per heavy atom. The minimum atomic E-state index is -0.201. The standard InChI is InChI=1S/C14H15ClFNS/c1-9(11-4-3-5-12(16)8-11)17-10(2)13-6-7-14(15)18-13/h3-10,17H,1-2H3/t9-,10?/m0/s1. The van der Waals surface area contributed by atoms with Crippen molar-refractivity contribution in [3.63, 3.8) is 0 Å². The van der Waals surface area contributed by atoms with E-state index in [1.807, 2.05) is 25.1 Å². The number of nitrogens with one attached hydrogen (secondary N) is 1. The first-order valence-corrected chi connectivity index (χ1v) is 7.02. The zero-order chi connectivity index (χ0) is 13.1. The summed E-state index contributed by atoms with van der Waals surface area (Å²) in [5.41, 5.74) is 0.949. The molecule has 0 aliphatic carbocycles. The van der Waals surface area contributed by atoms with Crippen LogP contribution in [0.4, 0.5) is 4.39 Å². The maximum Gasteiger partial charge on any atom is 0.123 e. The maximum atomic E-state index is 13.1. The summed E-state index contributed by atoms with van der Waals surface area (Å²) in [6, 6.07) is 10.9. The molecule has 4 heteroatoms. The Morgan fingerprint density at radius 2 is 1.94 bits per heavy atom. The van der Waals surface area contributed by atoms with Gasteiger partial charge in [-0.05, 0) is 43.7 Å². The number of halogens is 2. The van der Waals surface area contributed by atoms with Crippen molar-refractivity contribution in [1.82, 2.24) is 5.32 Å². The van der Waals surface area contributed by atoms with Crippen molar-refractivity contribution in [3.05, 3.63) is 57.0 Å². The van der Waals surface area contributed by atoms with Crippen LogP contribution in [0.15, 0.2) is 36.4 Å². The van der Waals surface area contributed by atoms with Gasteiger partial charge in [-0.3, -0.25) is 0 Å². The van der Waals surface area contributed by atoms with Crippen molar-refractivity contribution in [2.45, 2.75) is 25.9 Å². The predicted molar refractivity (Wildman–Crippen MR) is 75.7 cm³/mol. The highest BCUT2D eigenvalue weighted by Gasteiger charge is 2.13. The van der Waals surface area contributed by atoms with Crippen LogP contribution in [0.25, 0.3) is 0 Å². The molecule has 18 heavy (non-hydrogen) atoms. The quantitative estimate of drug-likeness (QED) is 0.837. The van der Waals surface area contributed by atoms with Gasteiger partial charge in [-0.25, -0.2) is 4.39 Å². The minimum absolute atomic E-state index is 0.0941. The highest BCUT2D eigenvalue weighted by Crippen LogP contribution is 2.28. The Kier molecular flexibility index (Phi) is 4.38. The average Bonchev–Trinajstić information content (AvgIpc) is 2.76. The molecule has 0 amide bonds. The summed E-state index contributed by atoms with van der Waals surface area (Å²) in [6.45, 7) is 4.11. The fourth-order valence-electron chi connectivity index (χ4n) is 1.89. The van der Waals surface area contributed by atoms with Crippen LogP contribution in [0.5, 0.6) is 0 Å².